The van der Waals surface area contributed by atoms with Gasteiger partial charge in [-0.1, -0.05) is 6.92 Å². The minimum absolute atomic E-state index is 0.240. The second-order valence-electron chi connectivity index (χ2n) is 5.46. The van der Waals surface area contributed by atoms with Gasteiger partial charge in [-0.05, 0) is 41.0 Å². The lowest BCUT2D eigenvalue weighted by atomic mass is 10.1. The smallest absolute Gasteiger partial charge is 0.357 e. The van der Waals surface area contributed by atoms with E-state index in [1.807, 2.05) is 27.7 Å². The van der Waals surface area contributed by atoms with Crippen molar-refractivity contribution in [3.8, 4) is 0 Å². The van der Waals surface area contributed by atoms with Gasteiger partial charge >= 0.3 is 15.0 Å². The van der Waals surface area contributed by atoms with E-state index < -0.39 is 14.5 Å². The Labute approximate surface area is 133 Å². The molecule has 0 radical (unpaired) electrons. The normalized spacial score (nSPS) is 18.5. The first-order valence-electron chi connectivity index (χ1n) is 7.90. The van der Waals surface area contributed by atoms with Crippen LogP contribution in [-0.2, 0) is 18.1 Å². The predicted molar refractivity (Wildman–Crippen MR) is 84.0 cm³/mol. The first kappa shape index (κ1) is 19.1. The van der Waals surface area contributed by atoms with E-state index in [2.05, 4.69) is 0 Å². The van der Waals surface area contributed by atoms with Crippen LogP contribution in [0.4, 0.5) is 4.79 Å². The van der Waals surface area contributed by atoms with Crippen molar-refractivity contribution >= 4 is 20.9 Å². The summed E-state index contributed by atoms with van der Waals surface area (Å²) in [5.74, 6) is -0.240. The maximum Gasteiger partial charge on any atom is 0.638 e. The second kappa shape index (κ2) is 7.54. The Hall–Kier alpha value is -0.963. The van der Waals surface area contributed by atoms with E-state index in [9.17, 15) is 9.59 Å². The van der Waals surface area contributed by atoms with Gasteiger partial charge < -0.3 is 13.3 Å². The molecule has 1 aliphatic rings. The van der Waals surface area contributed by atoms with E-state index in [1.54, 1.807) is 13.8 Å². The SMILES string of the molecule is CCCN1C(=O)N([Si](OCC)(OCC)OCC)C(C)(C)C1=O. The first-order chi connectivity index (χ1) is 10.3. The topological polar surface area (TPSA) is 68.3 Å². The number of imide groups is 1. The summed E-state index contributed by atoms with van der Waals surface area (Å²) >= 11 is 0. The molecule has 0 unspecified atom stereocenters. The lowest BCUT2D eigenvalue weighted by molar-refractivity contribution is -0.132. The minimum atomic E-state index is -3.45. The Kier molecular flexibility index (Phi) is 6.54. The number of hydrogen-bond acceptors (Lipinski definition) is 5. The molecule has 0 aliphatic carbocycles. The van der Waals surface area contributed by atoms with Crippen molar-refractivity contribution in [3.05, 3.63) is 0 Å². The molecule has 1 aliphatic heterocycles. The number of carbonyl (C=O) groups excluding carboxylic acids is 2. The van der Waals surface area contributed by atoms with Crippen molar-refractivity contribution < 1.29 is 22.9 Å². The second-order valence-corrected chi connectivity index (χ2v) is 7.82. The standard InChI is InChI=1S/C14H28N2O5Si/c1-7-11-15-12(17)14(5,6)16(13(15)18)22(19-8-2,20-9-3)21-10-4/h7-11H2,1-6H3. The van der Waals surface area contributed by atoms with E-state index in [4.69, 9.17) is 13.3 Å². The number of hydrogen-bond donors (Lipinski definition) is 0. The van der Waals surface area contributed by atoms with Crippen molar-refractivity contribution in [3.63, 3.8) is 0 Å². The van der Waals surface area contributed by atoms with E-state index in [0.717, 1.165) is 0 Å². The Morgan fingerprint density at radius 2 is 1.41 bits per heavy atom. The molecule has 3 amide bonds. The molecule has 0 bridgehead atoms. The van der Waals surface area contributed by atoms with Crippen LogP contribution in [0.5, 0.6) is 0 Å². The van der Waals surface area contributed by atoms with Gasteiger partial charge in [-0.3, -0.25) is 14.3 Å². The highest BCUT2D eigenvalue weighted by atomic mass is 28.4. The van der Waals surface area contributed by atoms with Gasteiger partial charge in [0.25, 0.3) is 5.91 Å². The van der Waals surface area contributed by atoms with E-state index in [-0.39, 0.29) is 11.9 Å². The van der Waals surface area contributed by atoms with Crippen molar-refractivity contribution in [1.82, 2.24) is 9.47 Å². The fraction of sp³-hybridized carbons (Fsp3) is 0.857. The van der Waals surface area contributed by atoms with Gasteiger partial charge in [0.05, 0.1) is 0 Å². The van der Waals surface area contributed by atoms with Crippen LogP contribution in [0.15, 0.2) is 0 Å². The fourth-order valence-corrected chi connectivity index (χ4v) is 5.49. The summed E-state index contributed by atoms with van der Waals surface area (Å²) in [4.78, 5) is 26.7. The summed E-state index contributed by atoms with van der Waals surface area (Å²) in [6.07, 6.45) is 0.702. The van der Waals surface area contributed by atoms with Crippen molar-refractivity contribution in [2.75, 3.05) is 26.4 Å². The molecule has 0 N–H and O–H groups in total. The first-order valence-corrected chi connectivity index (χ1v) is 9.57. The molecule has 1 rings (SSSR count). The van der Waals surface area contributed by atoms with Gasteiger partial charge in [-0.2, -0.15) is 0 Å². The molecule has 1 saturated heterocycles. The molecule has 0 spiro atoms. The molecule has 128 valence electrons. The summed E-state index contributed by atoms with van der Waals surface area (Å²) in [6.45, 7) is 12.2. The van der Waals surface area contributed by atoms with E-state index in [0.29, 0.717) is 32.8 Å². The molecule has 8 heteroatoms. The number of urea groups is 1. The zero-order chi connectivity index (χ0) is 17.0. The molecule has 0 atom stereocenters. The molecule has 22 heavy (non-hydrogen) atoms. The number of rotatable bonds is 9. The highest BCUT2D eigenvalue weighted by Crippen LogP contribution is 2.34. The molecule has 0 aromatic heterocycles. The van der Waals surface area contributed by atoms with Crippen LogP contribution >= 0.6 is 0 Å². The lowest BCUT2D eigenvalue weighted by Crippen LogP contribution is -2.67. The van der Waals surface area contributed by atoms with Gasteiger partial charge in [-0.25, -0.2) is 4.79 Å². The van der Waals surface area contributed by atoms with Crippen LogP contribution in [0.25, 0.3) is 0 Å². The maximum absolute atomic E-state index is 12.8. The summed E-state index contributed by atoms with van der Waals surface area (Å²) in [5.41, 5.74) is -1.04. The monoisotopic (exact) mass is 332 g/mol. The van der Waals surface area contributed by atoms with Gasteiger partial charge in [0.2, 0.25) is 0 Å². The number of carbonyl (C=O) groups is 2. The Morgan fingerprint density at radius 3 is 1.77 bits per heavy atom. The van der Waals surface area contributed by atoms with Gasteiger partial charge in [0, 0.05) is 26.4 Å². The third-order valence-corrected chi connectivity index (χ3v) is 6.71. The number of amides is 3. The summed E-state index contributed by atoms with van der Waals surface area (Å²) in [7, 11) is -3.45. The van der Waals surface area contributed by atoms with Crippen LogP contribution < -0.4 is 0 Å². The van der Waals surface area contributed by atoms with E-state index in [1.165, 1.54) is 9.47 Å². The van der Waals surface area contributed by atoms with Crippen LogP contribution in [0, 0.1) is 0 Å². The highest BCUT2D eigenvalue weighted by Gasteiger charge is 2.65. The molecular formula is C14H28N2O5Si. The van der Waals surface area contributed by atoms with Gasteiger partial charge in [-0.15, -0.1) is 0 Å². The summed E-state index contributed by atoms with van der Waals surface area (Å²) in [6, 6.07) is -0.390. The molecule has 0 aromatic rings. The molecular weight excluding hydrogens is 304 g/mol. The minimum Gasteiger partial charge on any atom is -0.357 e. The molecule has 0 saturated carbocycles. The van der Waals surface area contributed by atoms with Gasteiger partial charge in [0.15, 0.2) is 0 Å². The van der Waals surface area contributed by atoms with Crippen LogP contribution in [0.2, 0.25) is 0 Å². The Bertz CT molecular complexity index is 399. The highest BCUT2D eigenvalue weighted by molar-refractivity contribution is 6.62. The quantitative estimate of drug-likeness (QED) is 0.477. The maximum atomic E-state index is 12.8. The Morgan fingerprint density at radius 1 is 0.955 bits per heavy atom. The van der Waals surface area contributed by atoms with Crippen LogP contribution in [0.3, 0.4) is 0 Å². The van der Waals surface area contributed by atoms with Crippen LogP contribution in [-0.4, -0.2) is 62.3 Å². The van der Waals surface area contributed by atoms with Crippen LogP contribution in [0.1, 0.15) is 48.0 Å². The zero-order valence-corrected chi connectivity index (χ0v) is 15.5. The third kappa shape index (κ3) is 3.19. The van der Waals surface area contributed by atoms with Crippen molar-refractivity contribution in [2.45, 2.75) is 53.5 Å². The zero-order valence-electron chi connectivity index (χ0n) is 14.5. The van der Waals surface area contributed by atoms with Gasteiger partial charge in [0.1, 0.15) is 5.54 Å². The fourth-order valence-electron chi connectivity index (χ4n) is 2.62. The molecule has 1 heterocycles. The largest absolute Gasteiger partial charge is 0.638 e. The van der Waals surface area contributed by atoms with Crippen molar-refractivity contribution in [1.29, 1.82) is 0 Å². The van der Waals surface area contributed by atoms with E-state index >= 15 is 0 Å². The summed E-state index contributed by atoms with van der Waals surface area (Å²) in [5, 5.41) is 0. The number of nitrogens with zero attached hydrogens (tertiary/aromatic N) is 2. The average Bonchev–Trinajstić information content (AvgIpc) is 2.60. The summed E-state index contributed by atoms with van der Waals surface area (Å²) < 4.78 is 18.8. The molecule has 0 aromatic carbocycles. The lowest BCUT2D eigenvalue weighted by Gasteiger charge is -2.39. The van der Waals surface area contributed by atoms with Crippen molar-refractivity contribution in [2.24, 2.45) is 0 Å². The molecule has 7 nitrogen and oxygen atoms in total. The predicted octanol–water partition coefficient (Wildman–Crippen LogP) is 1.98. The molecule has 1 fully saturated rings. The Balaban J connectivity index is 3.31. The average molecular weight is 332 g/mol. The third-order valence-electron chi connectivity index (χ3n) is 3.45.